The summed E-state index contributed by atoms with van der Waals surface area (Å²) in [4.78, 5) is 28.1. The van der Waals surface area contributed by atoms with Crippen LogP contribution in [-0.2, 0) is 0 Å². The molecule has 30 heavy (non-hydrogen) atoms. The van der Waals surface area contributed by atoms with Gasteiger partial charge in [-0.15, -0.1) is 0 Å². The van der Waals surface area contributed by atoms with Gasteiger partial charge in [-0.25, -0.2) is 0 Å². The van der Waals surface area contributed by atoms with E-state index in [4.69, 9.17) is 5.73 Å². The number of benzene rings is 3. The molecule has 1 heterocycles. The standard InChI is InChI=1S/C23H21N5O2/c1-25-17-10-11-19-15(12-17)13-21(27-19)23(30)26-16-8-6-14(7-9-16)22(29)28-20-5-3-2-4-18(20)24/h2-13,25,27H,24H2,1H3,(H,26,30)(H,28,29). The van der Waals surface area contributed by atoms with Crippen molar-refractivity contribution >= 4 is 45.5 Å². The van der Waals surface area contributed by atoms with Gasteiger partial charge in [0.2, 0.25) is 0 Å². The Balaban J connectivity index is 1.44. The Labute approximate surface area is 173 Å². The molecule has 0 spiro atoms. The SMILES string of the molecule is CNc1ccc2[nH]c(C(=O)Nc3ccc(C(=O)Nc4ccccc4N)cc3)cc2c1. The van der Waals surface area contributed by atoms with Gasteiger partial charge in [-0.05, 0) is 60.7 Å². The molecule has 0 saturated heterocycles. The van der Waals surface area contributed by atoms with Crippen LogP contribution in [-0.4, -0.2) is 23.8 Å². The highest BCUT2D eigenvalue weighted by atomic mass is 16.2. The van der Waals surface area contributed by atoms with Gasteiger partial charge in [0.1, 0.15) is 5.69 Å². The summed E-state index contributed by atoms with van der Waals surface area (Å²) in [5, 5.41) is 9.63. The van der Waals surface area contributed by atoms with Crippen molar-refractivity contribution in [1.29, 1.82) is 0 Å². The number of nitrogens with two attached hydrogens (primary N) is 1. The van der Waals surface area contributed by atoms with Crippen LogP contribution in [0.15, 0.2) is 72.8 Å². The van der Waals surface area contributed by atoms with Crippen molar-refractivity contribution in [1.82, 2.24) is 4.98 Å². The Bertz CT molecular complexity index is 1230. The number of nitrogen functional groups attached to an aromatic ring is 1. The largest absolute Gasteiger partial charge is 0.397 e. The quantitative estimate of drug-likeness (QED) is 0.322. The minimum absolute atomic E-state index is 0.258. The van der Waals surface area contributed by atoms with Gasteiger partial charge in [-0.2, -0.15) is 0 Å². The van der Waals surface area contributed by atoms with E-state index in [1.807, 2.05) is 25.2 Å². The van der Waals surface area contributed by atoms with E-state index in [-0.39, 0.29) is 11.8 Å². The first kappa shape index (κ1) is 19.1. The summed E-state index contributed by atoms with van der Waals surface area (Å²) < 4.78 is 0. The Kier molecular flexibility index (Phi) is 5.09. The third-order valence-electron chi connectivity index (χ3n) is 4.77. The number of para-hydroxylation sites is 2. The molecule has 7 heteroatoms. The first-order valence-electron chi connectivity index (χ1n) is 9.41. The Morgan fingerprint density at radius 1 is 0.833 bits per heavy atom. The molecule has 2 amide bonds. The maximum absolute atomic E-state index is 12.6. The topological polar surface area (TPSA) is 112 Å². The number of anilines is 4. The van der Waals surface area contributed by atoms with Crippen LogP contribution < -0.4 is 21.7 Å². The summed E-state index contributed by atoms with van der Waals surface area (Å²) in [6, 6.07) is 21.4. The highest BCUT2D eigenvalue weighted by molar-refractivity contribution is 6.08. The third-order valence-corrected chi connectivity index (χ3v) is 4.77. The fourth-order valence-electron chi connectivity index (χ4n) is 3.12. The van der Waals surface area contributed by atoms with Gasteiger partial charge >= 0.3 is 0 Å². The molecule has 0 fully saturated rings. The second-order valence-electron chi connectivity index (χ2n) is 6.81. The molecule has 0 aliphatic heterocycles. The first-order valence-corrected chi connectivity index (χ1v) is 9.41. The van der Waals surface area contributed by atoms with Gasteiger partial charge < -0.3 is 26.7 Å². The average Bonchev–Trinajstić information content (AvgIpc) is 3.19. The Hall–Kier alpha value is -4.26. The lowest BCUT2D eigenvalue weighted by atomic mass is 10.1. The maximum Gasteiger partial charge on any atom is 0.272 e. The molecule has 0 saturated carbocycles. The van der Waals surface area contributed by atoms with Crippen LogP contribution in [0.2, 0.25) is 0 Å². The first-order chi connectivity index (χ1) is 14.5. The number of carbonyl (C=O) groups is 2. The molecule has 0 aliphatic rings. The van der Waals surface area contributed by atoms with E-state index in [1.54, 1.807) is 54.6 Å². The fourth-order valence-corrected chi connectivity index (χ4v) is 3.12. The normalized spacial score (nSPS) is 10.6. The number of rotatable bonds is 5. The third kappa shape index (κ3) is 3.95. The lowest BCUT2D eigenvalue weighted by Gasteiger charge is -2.09. The molecule has 0 aliphatic carbocycles. The van der Waals surface area contributed by atoms with Crippen LogP contribution in [0.4, 0.5) is 22.7 Å². The molecule has 1 aromatic heterocycles. The minimum Gasteiger partial charge on any atom is -0.397 e. The number of aromatic amines is 1. The number of amides is 2. The minimum atomic E-state index is -0.276. The van der Waals surface area contributed by atoms with E-state index in [1.165, 1.54) is 0 Å². The number of carbonyl (C=O) groups excluding carboxylic acids is 2. The molecule has 150 valence electrons. The van der Waals surface area contributed by atoms with E-state index < -0.39 is 0 Å². The van der Waals surface area contributed by atoms with E-state index in [2.05, 4.69) is 20.9 Å². The highest BCUT2D eigenvalue weighted by Gasteiger charge is 2.12. The van der Waals surface area contributed by atoms with E-state index >= 15 is 0 Å². The number of nitrogens with one attached hydrogen (secondary N) is 4. The maximum atomic E-state index is 12.6. The molecule has 6 N–H and O–H groups in total. The van der Waals surface area contributed by atoms with Crippen LogP contribution in [0.5, 0.6) is 0 Å². The van der Waals surface area contributed by atoms with E-state index in [9.17, 15) is 9.59 Å². The van der Waals surface area contributed by atoms with Crippen molar-refractivity contribution in [2.75, 3.05) is 28.7 Å². The lowest BCUT2D eigenvalue weighted by Crippen LogP contribution is -2.14. The smallest absolute Gasteiger partial charge is 0.272 e. The summed E-state index contributed by atoms with van der Waals surface area (Å²) in [5.41, 5.74) is 10.3. The summed E-state index contributed by atoms with van der Waals surface area (Å²) >= 11 is 0. The van der Waals surface area contributed by atoms with Crippen molar-refractivity contribution in [2.45, 2.75) is 0 Å². The van der Waals surface area contributed by atoms with Crippen molar-refractivity contribution in [3.63, 3.8) is 0 Å². The van der Waals surface area contributed by atoms with Gasteiger partial charge in [0.25, 0.3) is 11.8 Å². The van der Waals surface area contributed by atoms with Crippen LogP contribution in [0.1, 0.15) is 20.8 Å². The fraction of sp³-hybridized carbons (Fsp3) is 0.0435. The molecule has 0 unspecified atom stereocenters. The van der Waals surface area contributed by atoms with Crippen molar-refractivity contribution < 1.29 is 9.59 Å². The van der Waals surface area contributed by atoms with Crippen LogP contribution in [0, 0.1) is 0 Å². The molecule has 0 bridgehead atoms. The van der Waals surface area contributed by atoms with E-state index in [0.29, 0.717) is 28.3 Å². The van der Waals surface area contributed by atoms with Crippen LogP contribution >= 0.6 is 0 Å². The molecule has 4 aromatic rings. The molecular formula is C23H21N5O2. The lowest BCUT2D eigenvalue weighted by molar-refractivity contribution is 0.101. The molecule has 3 aromatic carbocycles. The number of hydrogen-bond donors (Lipinski definition) is 5. The zero-order chi connectivity index (χ0) is 21.1. The summed E-state index contributed by atoms with van der Waals surface area (Å²) in [7, 11) is 1.85. The second-order valence-corrected chi connectivity index (χ2v) is 6.81. The van der Waals surface area contributed by atoms with Gasteiger partial charge in [0, 0.05) is 34.9 Å². The van der Waals surface area contributed by atoms with Crippen molar-refractivity contribution in [3.8, 4) is 0 Å². The van der Waals surface area contributed by atoms with Crippen molar-refractivity contribution in [2.24, 2.45) is 0 Å². The predicted molar refractivity (Wildman–Crippen MR) is 121 cm³/mol. The summed E-state index contributed by atoms with van der Waals surface area (Å²) in [5.74, 6) is -0.534. The summed E-state index contributed by atoms with van der Waals surface area (Å²) in [6.45, 7) is 0. The Morgan fingerprint density at radius 3 is 2.30 bits per heavy atom. The Morgan fingerprint density at radius 2 is 1.57 bits per heavy atom. The number of fused-ring (bicyclic) bond motifs is 1. The number of aromatic nitrogens is 1. The predicted octanol–water partition coefficient (Wildman–Crippen LogP) is 4.30. The van der Waals surface area contributed by atoms with Gasteiger partial charge in [-0.3, -0.25) is 9.59 Å². The zero-order valence-corrected chi connectivity index (χ0v) is 16.3. The van der Waals surface area contributed by atoms with Gasteiger partial charge in [0.15, 0.2) is 0 Å². The second kappa shape index (κ2) is 8.00. The molecule has 0 radical (unpaired) electrons. The number of hydrogen-bond acceptors (Lipinski definition) is 4. The monoisotopic (exact) mass is 399 g/mol. The van der Waals surface area contributed by atoms with Crippen LogP contribution in [0.25, 0.3) is 10.9 Å². The van der Waals surface area contributed by atoms with Crippen molar-refractivity contribution in [3.05, 3.63) is 84.1 Å². The van der Waals surface area contributed by atoms with E-state index in [0.717, 1.165) is 16.6 Å². The average molecular weight is 399 g/mol. The molecule has 7 nitrogen and oxygen atoms in total. The molecule has 4 rings (SSSR count). The molecular weight excluding hydrogens is 378 g/mol. The summed E-state index contributed by atoms with van der Waals surface area (Å²) in [6.07, 6.45) is 0. The number of H-pyrrole nitrogens is 1. The van der Waals surface area contributed by atoms with Crippen LogP contribution in [0.3, 0.4) is 0 Å². The highest BCUT2D eigenvalue weighted by Crippen LogP contribution is 2.21. The molecule has 0 atom stereocenters. The van der Waals surface area contributed by atoms with Gasteiger partial charge in [-0.1, -0.05) is 12.1 Å². The zero-order valence-electron chi connectivity index (χ0n) is 16.3. The van der Waals surface area contributed by atoms with Gasteiger partial charge in [0.05, 0.1) is 11.4 Å².